The average Bonchev–Trinajstić information content (AvgIpc) is 2.64. The lowest BCUT2D eigenvalue weighted by atomic mass is 9.89. The molecule has 160 valence electrons. The van der Waals surface area contributed by atoms with Gasteiger partial charge < -0.3 is 9.47 Å². The molecular formula is C20H32O7S. The summed E-state index contributed by atoms with van der Waals surface area (Å²) in [6.45, 7) is 3.16. The van der Waals surface area contributed by atoms with E-state index in [1.54, 1.807) is 6.92 Å². The molecule has 0 aromatic carbocycles. The van der Waals surface area contributed by atoms with E-state index in [-0.39, 0.29) is 23.1 Å². The number of ketones is 2. The maximum Gasteiger partial charge on any atom is 0.267 e. The lowest BCUT2D eigenvalue weighted by Gasteiger charge is -2.20. The van der Waals surface area contributed by atoms with Gasteiger partial charge >= 0.3 is 0 Å². The first-order valence-corrected chi connectivity index (χ1v) is 11.2. The van der Waals surface area contributed by atoms with Crippen LogP contribution in [-0.4, -0.2) is 44.0 Å². The number of carbonyl (C=O) groups excluding carboxylic acids is 2. The van der Waals surface area contributed by atoms with Crippen LogP contribution in [0.4, 0.5) is 0 Å². The molecule has 1 atom stereocenters. The molecule has 1 N–H and O–H groups in total. The monoisotopic (exact) mass is 416 g/mol. The molecule has 0 fully saturated rings. The molecule has 0 heterocycles. The highest BCUT2D eigenvalue weighted by Crippen LogP contribution is 2.28. The van der Waals surface area contributed by atoms with Crippen LogP contribution >= 0.6 is 0 Å². The number of rotatable bonds is 13. The Morgan fingerprint density at radius 3 is 1.82 bits per heavy atom. The Kier molecular flexibility index (Phi) is 9.89. The van der Waals surface area contributed by atoms with Gasteiger partial charge in [-0.3, -0.25) is 14.1 Å². The molecule has 0 aromatic heterocycles. The summed E-state index contributed by atoms with van der Waals surface area (Å²) in [6.07, 6.45) is 7.52. The second kappa shape index (κ2) is 11.4. The largest absolute Gasteiger partial charge is 0.489 e. The van der Waals surface area contributed by atoms with Gasteiger partial charge in [0.2, 0.25) is 23.1 Å². The van der Waals surface area contributed by atoms with Gasteiger partial charge in [0.1, 0.15) is 0 Å². The second-order valence-electron chi connectivity index (χ2n) is 7.17. The molecule has 0 amide bonds. The number of methoxy groups -OCH3 is 2. The summed E-state index contributed by atoms with van der Waals surface area (Å²) < 4.78 is 40.9. The third kappa shape index (κ3) is 6.74. The van der Waals surface area contributed by atoms with Crippen LogP contribution in [-0.2, 0) is 29.2 Å². The van der Waals surface area contributed by atoms with Crippen molar-refractivity contribution in [1.29, 1.82) is 0 Å². The van der Waals surface area contributed by atoms with Crippen molar-refractivity contribution < 1.29 is 32.0 Å². The topological polar surface area (TPSA) is 107 Å². The minimum Gasteiger partial charge on any atom is -0.489 e. The number of unbranched alkanes of at least 4 members (excludes halogenated alkanes) is 6. The Morgan fingerprint density at radius 1 is 0.857 bits per heavy atom. The predicted octanol–water partition coefficient (Wildman–Crippen LogP) is 3.75. The van der Waals surface area contributed by atoms with Gasteiger partial charge in [-0.2, -0.15) is 8.42 Å². The van der Waals surface area contributed by atoms with Crippen LogP contribution in [0.2, 0.25) is 0 Å². The third-order valence-corrected chi connectivity index (χ3v) is 6.39. The zero-order valence-corrected chi connectivity index (χ0v) is 18.1. The van der Waals surface area contributed by atoms with Crippen molar-refractivity contribution in [1.82, 2.24) is 0 Å². The Hall–Kier alpha value is -1.67. The first-order valence-electron chi connectivity index (χ1n) is 9.72. The SMILES string of the molecule is COC1=C(OC)C(=O)C(CCCCCCCCCC(C)S(=O)(=O)O)=C(C)C1=O. The molecule has 1 rings (SSSR count). The highest BCUT2D eigenvalue weighted by molar-refractivity contribution is 7.86. The van der Waals surface area contributed by atoms with E-state index in [0.29, 0.717) is 24.0 Å². The number of Topliss-reactive ketones (excluding diaryl/α,β-unsaturated/α-hetero) is 2. The van der Waals surface area contributed by atoms with Crippen LogP contribution < -0.4 is 0 Å². The van der Waals surface area contributed by atoms with Crippen molar-refractivity contribution in [3.05, 3.63) is 22.7 Å². The molecule has 0 aliphatic heterocycles. The van der Waals surface area contributed by atoms with E-state index in [1.165, 1.54) is 21.1 Å². The molecule has 0 spiro atoms. The molecule has 0 saturated heterocycles. The van der Waals surface area contributed by atoms with Crippen LogP contribution in [0.3, 0.4) is 0 Å². The van der Waals surface area contributed by atoms with E-state index >= 15 is 0 Å². The quantitative estimate of drug-likeness (QED) is 0.277. The number of hydrogen-bond acceptors (Lipinski definition) is 6. The van der Waals surface area contributed by atoms with Gasteiger partial charge in [0, 0.05) is 11.1 Å². The van der Waals surface area contributed by atoms with Crippen molar-refractivity contribution in [3.63, 3.8) is 0 Å². The summed E-state index contributed by atoms with van der Waals surface area (Å²) in [5, 5.41) is -0.704. The van der Waals surface area contributed by atoms with Gasteiger partial charge in [-0.05, 0) is 33.1 Å². The molecule has 0 aromatic rings. The molecule has 1 aliphatic rings. The first kappa shape index (κ1) is 24.4. The van der Waals surface area contributed by atoms with Crippen molar-refractivity contribution in [2.45, 2.75) is 76.9 Å². The summed E-state index contributed by atoms with van der Waals surface area (Å²) in [4.78, 5) is 24.8. The first-order chi connectivity index (χ1) is 13.1. The second-order valence-corrected chi connectivity index (χ2v) is 9.00. The van der Waals surface area contributed by atoms with Gasteiger partial charge in [0.15, 0.2) is 0 Å². The minimum atomic E-state index is -3.92. The lowest BCUT2D eigenvalue weighted by molar-refractivity contribution is -0.121. The summed E-state index contributed by atoms with van der Waals surface area (Å²) in [6, 6.07) is 0. The predicted molar refractivity (Wildman–Crippen MR) is 106 cm³/mol. The van der Waals surface area contributed by atoms with Gasteiger partial charge in [-0.15, -0.1) is 0 Å². The average molecular weight is 417 g/mol. The fourth-order valence-electron chi connectivity index (χ4n) is 3.26. The molecular weight excluding hydrogens is 384 g/mol. The molecule has 8 heteroatoms. The van der Waals surface area contributed by atoms with Crippen molar-refractivity contribution in [2.75, 3.05) is 14.2 Å². The summed E-state index contributed by atoms with van der Waals surface area (Å²) >= 11 is 0. The Balaban J connectivity index is 2.30. The highest BCUT2D eigenvalue weighted by atomic mass is 32.2. The zero-order chi connectivity index (χ0) is 21.3. The van der Waals surface area contributed by atoms with Gasteiger partial charge in [-0.25, -0.2) is 0 Å². The zero-order valence-electron chi connectivity index (χ0n) is 17.2. The Labute approximate surface area is 167 Å². The summed E-state index contributed by atoms with van der Waals surface area (Å²) in [7, 11) is -1.21. The number of carbonyl (C=O) groups is 2. The van der Waals surface area contributed by atoms with Crippen LogP contribution in [0.1, 0.15) is 71.6 Å². The highest BCUT2D eigenvalue weighted by Gasteiger charge is 2.34. The standard InChI is InChI=1S/C20H32O7S/c1-14(28(23,24)25)12-10-8-6-5-7-9-11-13-16-15(2)17(21)19(26-3)20(27-4)18(16)22/h14H,5-13H2,1-4H3,(H,23,24,25). The molecule has 28 heavy (non-hydrogen) atoms. The third-order valence-electron chi connectivity index (χ3n) is 5.14. The fourth-order valence-corrected chi connectivity index (χ4v) is 3.72. The van der Waals surface area contributed by atoms with Crippen molar-refractivity contribution >= 4 is 21.7 Å². The number of ether oxygens (including phenoxy) is 2. The van der Waals surface area contributed by atoms with Gasteiger partial charge in [0.05, 0.1) is 19.5 Å². The number of allylic oxidation sites excluding steroid dienone is 2. The molecule has 0 saturated carbocycles. The van der Waals surface area contributed by atoms with Crippen LogP contribution in [0.5, 0.6) is 0 Å². The fraction of sp³-hybridized carbons (Fsp3) is 0.700. The molecule has 7 nitrogen and oxygen atoms in total. The van der Waals surface area contributed by atoms with Crippen molar-refractivity contribution in [2.24, 2.45) is 0 Å². The number of hydrogen-bond donors (Lipinski definition) is 1. The molecule has 1 aliphatic carbocycles. The van der Waals surface area contributed by atoms with E-state index in [0.717, 1.165) is 44.9 Å². The van der Waals surface area contributed by atoms with Crippen molar-refractivity contribution in [3.8, 4) is 0 Å². The molecule has 1 unspecified atom stereocenters. The lowest BCUT2D eigenvalue weighted by Crippen LogP contribution is -2.25. The van der Waals surface area contributed by atoms with E-state index in [2.05, 4.69) is 0 Å². The van der Waals surface area contributed by atoms with Crippen LogP contribution in [0.25, 0.3) is 0 Å². The molecule has 0 bridgehead atoms. The Bertz CT molecular complexity index is 732. The van der Waals surface area contributed by atoms with E-state index in [4.69, 9.17) is 14.0 Å². The molecule has 0 radical (unpaired) electrons. The van der Waals surface area contributed by atoms with E-state index < -0.39 is 15.4 Å². The van der Waals surface area contributed by atoms with Gasteiger partial charge in [0.25, 0.3) is 10.1 Å². The maximum atomic E-state index is 12.5. The minimum absolute atomic E-state index is 0.0211. The summed E-state index contributed by atoms with van der Waals surface area (Å²) in [5.74, 6) is -0.623. The van der Waals surface area contributed by atoms with Gasteiger partial charge in [-0.1, -0.05) is 38.5 Å². The van der Waals surface area contributed by atoms with E-state index in [1.807, 2.05) is 0 Å². The van der Waals surface area contributed by atoms with E-state index in [9.17, 15) is 18.0 Å². The van der Waals surface area contributed by atoms with Crippen LogP contribution in [0, 0.1) is 0 Å². The Morgan fingerprint density at radius 2 is 1.32 bits per heavy atom. The maximum absolute atomic E-state index is 12.5. The normalized spacial score (nSPS) is 16.6. The summed E-state index contributed by atoms with van der Waals surface area (Å²) in [5.41, 5.74) is 0.928. The van der Waals surface area contributed by atoms with Crippen LogP contribution in [0.15, 0.2) is 22.7 Å². The smallest absolute Gasteiger partial charge is 0.267 e.